The topological polar surface area (TPSA) is 34.2 Å². The van der Waals surface area contributed by atoms with Crippen LogP contribution in [0.4, 0.5) is 4.39 Å². The third-order valence-electron chi connectivity index (χ3n) is 4.72. The molecule has 104 valence electrons. The van der Waals surface area contributed by atoms with E-state index in [1.54, 1.807) is 12.3 Å². The van der Waals surface area contributed by atoms with Gasteiger partial charge in [0.2, 0.25) is 0 Å². The number of aromatic nitrogens is 1. The lowest BCUT2D eigenvalue weighted by molar-refractivity contribution is -0.147. The molecule has 3 rings (SSSR count). The summed E-state index contributed by atoms with van der Waals surface area (Å²) in [6.45, 7) is 0.801. The molecule has 1 aromatic rings. The fourth-order valence-electron chi connectivity index (χ4n) is 3.55. The molecule has 1 spiro atoms. The van der Waals surface area contributed by atoms with Crippen LogP contribution < -0.4 is 5.32 Å². The van der Waals surface area contributed by atoms with Gasteiger partial charge in [0.05, 0.1) is 11.8 Å². The van der Waals surface area contributed by atoms with Crippen molar-refractivity contribution in [3.8, 4) is 0 Å². The van der Waals surface area contributed by atoms with Crippen LogP contribution in [-0.2, 0) is 4.74 Å². The fraction of sp³-hybridized carbons (Fsp3) is 0.667. The summed E-state index contributed by atoms with van der Waals surface area (Å²) in [5, 5.41) is 3.29. The van der Waals surface area contributed by atoms with E-state index in [2.05, 4.69) is 10.3 Å². The minimum atomic E-state index is -0.212. The molecule has 4 heteroatoms. The number of rotatable bonds is 3. The molecule has 2 fully saturated rings. The van der Waals surface area contributed by atoms with Crippen LogP contribution in [-0.4, -0.2) is 24.2 Å². The zero-order chi connectivity index (χ0) is 13.3. The SMILES string of the molecule is CNC(c1ccncc1F)C1CCOC2(CCC2)C1. The van der Waals surface area contributed by atoms with Gasteiger partial charge in [-0.15, -0.1) is 0 Å². The predicted molar refractivity (Wildman–Crippen MR) is 71.3 cm³/mol. The lowest BCUT2D eigenvalue weighted by Crippen LogP contribution is -2.47. The normalized spacial score (nSPS) is 26.9. The molecule has 1 saturated carbocycles. The standard InChI is InChI=1S/C15H21FN2O/c1-17-14(12-3-7-18-10-13(12)16)11-4-8-19-15(9-11)5-2-6-15/h3,7,10-11,14,17H,2,4-6,8-9H2,1H3. The first-order valence-electron chi connectivity index (χ1n) is 7.15. The summed E-state index contributed by atoms with van der Waals surface area (Å²) in [5.41, 5.74) is 0.834. The largest absolute Gasteiger partial charge is 0.375 e. The van der Waals surface area contributed by atoms with Gasteiger partial charge in [-0.05, 0) is 51.1 Å². The molecule has 0 aromatic carbocycles. The first-order chi connectivity index (χ1) is 9.24. The van der Waals surface area contributed by atoms with Crippen molar-refractivity contribution < 1.29 is 9.13 Å². The zero-order valence-corrected chi connectivity index (χ0v) is 11.4. The Morgan fingerprint density at radius 1 is 1.53 bits per heavy atom. The highest BCUT2D eigenvalue weighted by atomic mass is 19.1. The smallest absolute Gasteiger partial charge is 0.146 e. The Bertz CT molecular complexity index is 448. The van der Waals surface area contributed by atoms with Gasteiger partial charge in [0.1, 0.15) is 5.82 Å². The first kappa shape index (κ1) is 13.0. The van der Waals surface area contributed by atoms with Gasteiger partial charge in [-0.25, -0.2) is 4.39 Å². The maximum Gasteiger partial charge on any atom is 0.146 e. The Balaban J connectivity index is 1.80. The van der Waals surface area contributed by atoms with Crippen molar-refractivity contribution >= 4 is 0 Å². The molecule has 2 heterocycles. The first-order valence-corrected chi connectivity index (χ1v) is 7.15. The number of halogens is 1. The van der Waals surface area contributed by atoms with Gasteiger partial charge < -0.3 is 10.1 Å². The van der Waals surface area contributed by atoms with Crippen molar-refractivity contribution in [1.29, 1.82) is 0 Å². The molecule has 2 unspecified atom stereocenters. The van der Waals surface area contributed by atoms with Crippen LogP contribution in [0.2, 0.25) is 0 Å². The van der Waals surface area contributed by atoms with Crippen molar-refractivity contribution in [3.05, 3.63) is 29.8 Å². The summed E-state index contributed by atoms with van der Waals surface area (Å²) in [6.07, 6.45) is 8.60. The van der Waals surface area contributed by atoms with E-state index in [1.165, 1.54) is 25.5 Å². The molecule has 2 aliphatic rings. The van der Waals surface area contributed by atoms with Crippen LogP contribution in [0.15, 0.2) is 18.5 Å². The molecule has 0 radical (unpaired) electrons. The molecule has 1 aliphatic carbocycles. The predicted octanol–water partition coefficient (Wildman–Crippen LogP) is 2.83. The molecule has 2 atom stereocenters. The number of hydrogen-bond donors (Lipinski definition) is 1. The molecule has 1 saturated heterocycles. The van der Waals surface area contributed by atoms with Crippen molar-refractivity contribution in [3.63, 3.8) is 0 Å². The fourth-order valence-corrected chi connectivity index (χ4v) is 3.55. The van der Waals surface area contributed by atoms with E-state index in [1.807, 2.05) is 7.05 Å². The highest BCUT2D eigenvalue weighted by Crippen LogP contribution is 2.47. The Hall–Kier alpha value is -1.00. The van der Waals surface area contributed by atoms with Gasteiger partial charge in [0.25, 0.3) is 0 Å². The Labute approximate surface area is 113 Å². The molecule has 0 bridgehead atoms. The van der Waals surface area contributed by atoms with E-state index < -0.39 is 0 Å². The van der Waals surface area contributed by atoms with E-state index in [0.29, 0.717) is 5.92 Å². The maximum atomic E-state index is 13.9. The summed E-state index contributed by atoms with van der Waals surface area (Å²) >= 11 is 0. The Kier molecular flexibility index (Phi) is 3.54. The minimum absolute atomic E-state index is 0.0596. The second-order valence-electron chi connectivity index (χ2n) is 5.80. The summed E-state index contributed by atoms with van der Waals surface area (Å²) in [6, 6.07) is 1.85. The van der Waals surface area contributed by atoms with Crippen LogP contribution in [0.25, 0.3) is 0 Å². The van der Waals surface area contributed by atoms with Crippen molar-refractivity contribution in [2.24, 2.45) is 5.92 Å². The van der Waals surface area contributed by atoms with Gasteiger partial charge in [-0.2, -0.15) is 0 Å². The van der Waals surface area contributed by atoms with Gasteiger partial charge in [0.15, 0.2) is 0 Å². The molecular formula is C15H21FN2O. The van der Waals surface area contributed by atoms with Crippen molar-refractivity contribution in [2.45, 2.75) is 43.7 Å². The molecule has 1 aromatic heterocycles. The minimum Gasteiger partial charge on any atom is -0.375 e. The monoisotopic (exact) mass is 264 g/mol. The average molecular weight is 264 g/mol. The van der Waals surface area contributed by atoms with E-state index >= 15 is 0 Å². The van der Waals surface area contributed by atoms with Crippen molar-refractivity contribution in [2.75, 3.05) is 13.7 Å². The second-order valence-corrected chi connectivity index (χ2v) is 5.80. The van der Waals surface area contributed by atoms with Gasteiger partial charge >= 0.3 is 0 Å². The lowest BCUT2D eigenvalue weighted by Gasteiger charge is -2.48. The second kappa shape index (κ2) is 5.17. The molecule has 1 N–H and O–H groups in total. The summed E-state index contributed by atoms with van der Waals surface area (Å²) < 4.78 is 19.9. The number of ether oxygens (including phenoxy) is 1. The molecule has 0 amide bonds. The number of nitrogens with one attached hydrogen (secondary N) is 1. The molecule has 3 nitrogen and oxygen atoms in total. The molecular weight excluding hydrogens is 243 g/mol. The van der Waals surface area contributed by atoms with E-state index in [-0.39, 0.29) is 17.5 Å². The van der Waals surface area contributed by atoms with Crippen LogP contribution in [0.5, 0.6) is 0 Å². The van der Waals surface area contributed by atoms with E-state index in [9.17, 15) is 4.39 Å². The Morgan fingerprint density at radius 2 is 2.37 bits per heavy atom. The molecule has 19 heavy (non-hydrogen) atoms. The quantitative estimate of drug-likeness (QED) is 0.911. The Morgan fingerprint density at radius 3 is 3.00 bits per heavy atom. The lowest BCUT2D eigenvalue weighted by atomic mass is 9.69. The van der Waals surface area contributed by atoms with E-state index in [0.717, 1.165) is 25.0 Å². The maximum absolute atomic E-state index is 13.9. The van der Waals surface area contributed by atoms with Gasteiger partial charge in [0, 0.05) is 24.4 Å². The van der Waals surface area contributed by atoms with Crippen molar-refractivity contribution in [1.82, 2.24) is 10.3 Å². The van der Waals surface area contributed by atoms with Gasteiger partial charge in [-0.3, -0.25) is 4.98 Å². The van der Waals surface area contributed by atoms with Crippen LogP contribution in [0, 0.1) is 11.7 Å². The number of nitrogens with zero attached hydrogens (tertiary/aromatic N) is 1. The average Bonchev–Trinajstić information content (AvgIpc) is 2.40. The zero-order valence-electron chi connectivity index (χ0n) is 11.4. The third-order valence-corrected chi connectivity index (χ3v) is 4.72. The van der Waals surface area contributed by atoms with Crippen LogP contribution in [0.3, 0.4) is 0 Å². The third kappa shape index (κ3) is 2.39. The summed E-state index contributed by atoms with van der Waals surface area (Å²) in [4.78, 5) is 3.84. The van der Waals surface area contributed by atoms with Crippen LogP contribution >= 0.6 is 0 Å². The highest BCUT2D eigenvalue weighted by Gasteiger charge is 2.44. The number of pyridine rings is 1. The number of hydrogen-bond acceptors (Lipinski definition) is 3. The van der Waals surface area contributed by atoms with Gasteiger partial charge in [-0.1, -0.05) is 0 Å². The molecule has 1 aliphatic heterocycles. The van der Waals surface area contributed by atoms with E-state index in [4.69, 9.17) is 4.74 Å². The highest BCUT2D eigenvalue weighted by molar-refractivity contribution is 5.19. The van der Waals surface area contributed by atoms with Crippen LogP contribution in [0.1, 0.15) is 43.7 Å². The summed E-state index contributed by atoms with van der Waals surface area (Å²) in [5.74, 6) is 0.229. The summed E-state index contributed by atoms with van der Waals surface area (Å²) in [7, 11) is 1.91.